The van der Waals surface area contributed by atoms with E-state index in [-0.39, 0.29) is 9.79 Å². The van der Waals surface area contributed by atoms with Crippen LogP contribution in [0.1, 0.15) is 22.3 Å². The van der Waals surface area contributed by atoms with E-state index in [1.807, 2.05) is 62.4 Å². The van der Waals surface area contributed by atoms with Crippen molar-refractivity contribution in [1.29, 1.82) is 10.5 Å². The molecule has 6 heteroatoms. The number of rotatable bonds is 4. The fourth-order valence-corrected chi connectivity index (χ4v) is 4.50. The van der Waals surface area contributed by atoms with E-state index in [0.717, 1.165) is 34.7 Å². The third-order valence-electron chi connectivity index (χ3n) is 4.00. The van der Waals surface area contributed by atoms with Crippen molar-refractivity contribution in [1.82, 2.24) is 0 Å². The van der Waals surface area contributed by atoms with Gasteiger partial charge in [0.25, 0.3) is 0 Å². The molecule has 138 valence electrons. The molecule has 0 heterocycles. The number of hydrogen-bond donors (Lipinski definition) is 0. The van der Waals surface area contributed by atoms with Crippen molar-refractivity contribution in [3.05, 3.63) is 82.4 Å². The second-order valence-electron chi connectivity index (χ2n) is 6.09. The first-order valence-corrected chi connectivity index (χ1v) is 9.92. The number of hydrogen-bond acceptors (Lipinski definition) is 4. The van der Waals surface area contributed by atoms with Gasteiger partial charge in [-0.15, -0.1) is 0 Å². The quantitative estimate of drug-likeness (QED) is 0.486. The lowest BCUT2D eigenvalue weighted by Gasteiger charge is -2.14. The average Bonchev–Trinajstić information content (AvgIpc) is 2.70. The van der Waals surface area contributed by atoms with Gasteiger partial charge in [0.2, 0.25) is 0 Å². The molecular weight excluding hydrogens is 394 g/mol. The Balaban J connectivity index is 2.18. The monoisotopic (exact) mass is 408 g/mol. The first-order chi connectivity index (χ1) is 13.4. The summed E-state index contributed by atoms with van der Waals surface area (Å²) in [6.45, 7) is 3.87. The van der Waals surface area contributed by atoms with Crippen molar-refractivity contribution in [2.75, 3.05) is 0 Å². The van der Waals surface area contributed by atoms with Gasteiger partial charge in [0.15, 0.2) is 11.6 Å². The highest BCUT2D eigenvalue weighted by Gasteiger charge is 2.26. The molecule has 3 aromatic rings. The highest BCUT2D eigenvalue weighted by Crippen LogP contribution is 2.44. The molecule has 3 aromatic carbocycles. The first kappa shape index (κ1) is 19.9. The van der Waals surface area contributed by atoms with Gasteiger partial charge < -0.3 is 0 Å². The molecule has 0 aliphatic rings. The fourth-order valence-electron chi connectivity index (χ4n) is 2.49. The highest BCUT2D eigenvalue weighted by molar-refractivity contribution is 8.02. The predicted octanol–water partition coefficient (Wildman–Crippen LogP) is 6.63. The van der Waals surface area contributed by atoms with Crippen LogP contribution in [0.15, 0.2) is 68.1 Å². The summed E-state index contributed by atoms with van der Waals surface area (Å²) in [5, 5.41) is 18.5. The maximum Gasteiger partial charge on any atom is 0.157 e. The Morgan fingerprint density at radius 1 is 0.643 bits per heavy atom. The van der Waals surface area contributed by atoms with Gasteiger partial charge in [-0.25, -0.2) is 8.78 Å². The molecule has 0 N–H and O–H groups in total. The highest BCUT2D eigenvalue weighted by atomic mass is 32.2. The second kappa shape index (κ2) is 8.48. The number of nitriles is 2. The predicted molar refractivity (Wildman–Crippen MR) is 106 cm³/mol. The molecule has 28 heavy (non-hydrogen) atoms. The normalized spacial score (nSPS) is 10.4. The lowest BCUT2D eigenvalue weighted by molar-refractivity contribution is 0.544. The average molecular weight is 408 g/mol. The molecule has 0 radical (unpaired) electrons. The minimum Gasteiger partial charge on any atom is -0.204 e. The van der Waals surface area contributed by atoms with Crippen molar-refractivity contribution < 1.29 is 8.78 Å². The van der Waals surface area contributed by atoms with Crippen molar-refractivity contribution in [2.24, 2.45) is 0 Å². The van der Waals surface area contributed by atoms with Gasteiger partial charge in [-0.05, 0) is 38.1 Å². The Kier molecular flexibility index (Phi) is 6.04. The lowest BCUT2D eigenvalue weighted by Crippen LogP contribution is -2.01. The number of halogens is 2. The lowest BCUT2D eigenvalue weighted by atomic mass is 10.1. The van der Waals surface area contributed by atoms with Gasteiger partial charge in [0.1, 0.15) is 23.3 Å². The van der Waals surface area contributed by atoms with E-state index in [9.17, 15) is 10.5 Å². The number of aryl methyl sites for hydroxylation is 2. The summed E-state index contributed by atoms with van der Waals surface area (Å²) in [4.78, 5) is 1.43. The molecule has 0 unspecified atom stereocenters. The van der Waals surface area contributed by atoms with E-state index in [0.29, 0.717) is 9.79 Å². The van der Waals surface area contributed by atoms with Crippen LogP contribution in [0.3, 0.4) is 0 Å². The van der Waals surface area contributed by atoms with Crippen LogP contribution >= 0.6 is 23.5 Å². The van der Waals surface area contributed by atoms with Crippen LogP contribution in [-0.4, -0.2) is 0 Å². The van der Waals surface area contributed by atoms with Crippen LogP contribution in [0.4, 0.5) is 8.78 Å². The van der Waals surface area contributed by atoms with Crippen molar-refractivity contribution in [3.8, 4) is 12.1 Å². The van der Waals surface area contributed by atoms with Crippen LogP contribution in [0.2, 0.25) is 0 Å². The van der Waals surface area contributed by atoms with Crippen LogP contribution in [0.25, 0.3) is 0 Å². The van der Waals surface area contributed by atoms with E-state index in [1.54, 1.807) is 12.1 Å². The fraction of sp³-hybridized carbons (Fsp3) is 0.0909. The Labute approximate surface area is 170 Å². The standard InChI is InChI=1S/C22H14F2N2S2/c1-13-3-7-15(8-4-13)27-21-19(23)17(11-25)18(12-26)20(24)22(21)28-16-9-5-14(2)6-10-16/h3-10H,1-2H3. The van der Waals surface area contributed by atoms with Gasteiger partial charge in [0, 0.05) is 9.79 Å². The molecule has 3 rings (SSSR count). The summed E-state index contributed by atoms with van der Waals surface area (Å²) in [5.41, 5.74) is 0.955. The number of benzene rings is 3. The van der Waals surface area contributed by atoms with E-state index in [4.69, 9.17) is 0 Å². The van der Waals surface area contributed by atoms with Crippen molar-refractivity contribution >= 4 is 23.5 Å². The zero-order chi connectivity index (χ0) is 20.3. The minimum absolute atomic E-state index is 0.00229. The zero-order valence-corrected chi connectivity index (χ0v) is 16.7. The Hall–Kier alpha value is -2.80. The topological polar surface area (TPSA) is 47.6 Å². The summed E-state index contributed by atoms with van der Waals surface area (Å²) >= 11 is 2.08. The van der Waals surface area contributed by atoms with Gasteiger partial charge in [-0.2, -0.15) is 10.5 Å². The summed E-state index contributed by atoms with van der Waals surface area (Å²) in [5.74, 6) is -1.75. The van der Waals surface area contributed by atoms with Crippen LogP contribution in [-0.2, 0) is 0 Å². The first-order valence-electron chi connectivity index (χ1n) is 8.28. The number of nitrogens with zero attached hydrogens (tertiary/aromatic N) is 2. The van der Waals surface area contributed by atoms with Gasteiger partial charge in [-0.3, -0.25) is 0 Å². The second-order valence-corrected chi connectivity index (χ2v) is 8.26. The summed E-state index contributed by atoms with van der Waals surface area (Å²) < 4.78 is 30.2. The largest absolute Gasteiger partial charge is 0.204 e. The third kappa shape index (κ3) is 4.04. The maximum absolute atomic E-state index is 15.1. The molecule has 2 nitrogen and oxygen atoms in total. The Morgan fingerprint density at radius 3 is 1.25 bits per heavy atom. The van der Waals surface area contributed by atoms with Crippen LogP contribution in [0.5, 0.6) is 0 Å². The van der Waals surface area contributed by atoms with Crippen LogP contribution in [0, 0.1) is 48.1 Å². The maximum atomic E-state index is 15.1. The molecule has 0 spiro atoms. The molecule has 0 amide bonds. The summed E-state index contributed by atoms with van der Waals surface area (Å²) in [7, 11) is 0. The van der Waals surface area contributed by atoms with E-state index in [1.165, 1.54) is 0 Å². The van der Waals surface area contributed by atoms with Crippen molar-refractivity contribution in [3.63, 3.8) is 0 Å². The van der Waals surface area contributed by atoms with E-state index < -0.39 is 22.8 Å². The molecular formula is C22H14F2N2S2. The third-order valence-corrected chi connectivity index (χ3v) is 6.32. The van der Waals surface area contributed by atoms with Gasteiger partial charge in [-0.1, -0.05) is 58.9 Å². The summed E-state index contributed by atoms with van der Waals surface area (Å²) in [6.07, 6.45) is 0. The Bertz CT molecular complexity index is 1020. The van der Waals surface area contributed by atoms with E-state index in [2.05, 4.69) is 0 Å². The van der Waals surface area contributed by atoms with E-state index >= 15 is 8.78 Å². The molecule has 0 aliphatic heterocycles. The van der Waals surface area contributed by atoms with Gasteiger partial charge >= 0.3 is 0 Å². The summed E-state index contributed by atoms with van der Waals surface area (Å²) in [6, 6.07) is 18.0. The van der Waals surface area contributed by atoms with Crippen LogP contribution < -0.4 is 0 Å². The molecule has 0 aromatic heterocycles. The molecule has 0 fully saturated rings. The smallest absolute Gasteiger partial charge is 0.157 e. The Morgan fingerprint density at radius 2 is 0.964 bits per heavy atom. The van der Waals surface area contributed by atoms with Gasteiger partial charge in [0.05, 0.1) is 9.79 Å². The molecule has 0 saturated carbocycles. The molecule has 0 bridgehead atoms. The minimum atomic E-state index is -0.874. The zero-order valence-electron chi connectivity index (χ0n) is 15.1. The molecule has 0 atom stereocenters. The molecule has 0 saturated heterocycles. The molecule has 0 aliphatic carbocycles. The SMILES string of the molecule is Cc1ccc(Sc2c(F)c(C#N)c(C#N)c(F)c2Sc2ccc(C)cc2)cc1. The van der Waals surface area contributed by atoms with Crippen molar-refractivity contribution in [2.45, 2.75) is 33.4 Å².